The Morgan fingerprint density at radius 3 is 2.15 bits per heavy atom. The van der Waals surface area contributed by atoms with E-state index in [4.69, 9.17) is 10.5 Å². The average Bonchev–Trinajstić information content (AvgIpc) is 2.33. The van der Waals surface area contributed by atoms with Crippen LogP contribution in [0.2, 0.25) is 0 Å². The summed E-state index contributed by atoms with van der Waals surface area (Å²) in [7, 11) is 0. The topological polar surface area (TPSA) is 35.2 Å². The van der Waals surface area contributed by atoms with Gasteiger partial charge in [0.2, 0.25) is 0 Å². The number of hydrogen-bond donors (Lipinski definition) is 1. The molecule has 0 radical (unpaired) electrons. The van der Waals surface area contributed by atoms with Crippen LogP contribution in [0, 0.1) is 13.8 Å². The maximum atomic E-state index is 6.12. The highest BCUT2D eigenvalue weighted by atomic mass is 16.5. The van der Waals surface area contributed by atoms with E-state index < -0.39 is 0 Å². The van der Waals surface area contributed by atoms with Crippen LogP contribution in [0.3, 0.4) is 0 Å². The number of benzene rings is 2. The fourth-order valence-electron chi connectivity index (χ4n) is 2.22. The third-order valence-electron chi connectivity index (χ3n) is 3.36. The molecule has 0 aliphatic rings. The van der Waals surface area contributed by atoms with E-state index in [0.717, 1.165) is 22.7 Å². The van der Waals surface area contributed by atoms with Crippen molar-refractivity contribution in [3.63, 3.8) is 0 Å². The zero-order valence-electron chi connectivity index (χ0n) is 12.9. The zero-order chi connectivity index (χ0) is 14.9. The minimum Gasteiger partial charge on any atom is -0.457 e. The molecule has 0 atom stereocenters. The van der Waals surface area contributed by atoms with Crippen LogP contribution >= 0.6 is 0 Å². The third-order valence-corrected chi connectivity index (χ3v) is 3.36. The standard InChI is InChI=1S/C18H23NO/c1-12-6-8-17(15(10-12)18(3,4)5)20-16-9-7-14(19)11-13(16)2/h6-11H,19H2,1-5H3. The molecule has 0 saturated heterocycles. The van der Waals surface area contributed by atoms with Gasteiger partial charge in [0.1, 0.15) is 11.5 Å². The lowest BCUT2D eigenvalue weighted by atomic mass is 9.85. The van der Waals surface area contributed by atoms with Gasteiger partial charge in [0.15, 0.2) is 0 Å². The van der Waals surface area contributed by atoms with Crippen molar-refractivity contribution in [3.8, 4) is 11.5 Å². The molecule has 0 aliphatic carbocycles. The summed E-state index contributed by atoms with van der Waals surface area (Å²) in [5.41, 5.74) is 10.1. The van der Waals surface area contributed by atoms with Crippen molar-refractivity contribution in [1.82, 2.24) is 0 Å². The molecule has 0 fully saturated rings. The van der Waals surface area contributed by atoms with Gasteiger partial charge in [-0.15, -0.1) is 0 Å². The molecule has 0 spiro atoms. The highest BCUT2D eigenvalue weighted by Gasteiger charge is 2.19. The van der Waals surface area contributed by atoms with E-state index in [1.807, 2.05) is 31.2 Å². The Bertz CT molecular complexity index is 624. The molecule has 0 heterocycles. The first kappa shape index (κ1) is 14.4. The summed E-state index contributed by atoms with van der Waals surface area (Å²) in [4.78, 5) is 0. The van der Waals surface area contributed by atoms with Crippen LogP contribution in [0.4, 0.5) is 5.69 Å². The number of rotatable bonds is 2. The molecule has 2 heteroatoms. The molecule has 2 N–H and O–H groups in total. The number of anilines is 1. The minimum atomic E-state index is 0.0447. The zero-order valence-corrected chi connectivity index (χ0v) is 12.9. The fraction of sp³-hybridized carbons (Fsp3) is 0.333. The first-order chi connectivity index (χ1) is 9.27. The maximum Gasteiger partial charge on any atom is 0.131 e. The summed E-state index contributed by atoms with van der Waals surface area (Å²) >= 11 is 0. The number of hydrogen-bond acceptors (Lipinski definition) is 2. The molecule has 0 saturated carbocycles. The third kappa shape index (κ3) is 3.13. The summed E-state index contributed by atoms with van der Waals surface area (Å²) in [5.74, 6) is 1.77. The van der Waals surface area contributed by atoms with Crippen molar-refractivity contribution in [2.75, 3.05) is 5.73 Å². The Balaban J connectivity index is 2.43. The van der Waals surface area contributed by atoms with Gasteiger partial charge in [-0.05, 0) is 49.1 Å². The molecule has 0 bridgehead atoms. The fourth-order valence-corrected chi connectivity index (χ4v) is 2.22. The highest BCUT2D eigenvalue weighted by Crippen LogP contribution is 2.36. The first-order valence-corrected chi connectivity index (χ1v) is 6.92. The second-order valence-corrected chi connectivity index (χ2v) is 6.38. The monoisotopic (exact) mass is 269 g/mol. The summed E-state index contributed by atoms with van der Waals surface area (Å²) in [6.07, 6.45) is 0. The summed E-state index contributed by atoms with van der Waals surface area (Å²) in [6.45, 7) is 10.7. The van der Waals surface area contributed by atoms with Gasteiger partial charge >= 0.3 is 0 Å². The number of ether oxygens (including phenoxy) is 1. The Kier molecular flexibility index (Phi) is 3.76. The molecule has 0 amide bonds. The van der Waals surface area contributed by atoms with Crippen LogP contribution in [0.5, 0.6) is 11.5 Å². The Morgan fingerprint density at radius 2 is 1.55 bits per heavy atom. The molecular formula is C18H23NO. The Hall–Kier alpha value is -1.96. The van der Waals surface area contributed by atoms with Gasteiger partial charge in [-0.25, -0.2) is 0 Å². The molecule has 2 nitrogen and oxygen atoms in total. The van der Waals surface area contributed by atoms with E-state index in [-0.39, 0.29) is 5.41 Å². The second-order valence-electron chi connectivity index (χ2n) is 6.38. The van der Waals surface area contributed by atoms with Gasteiger partial charge in [-0.1, -0.05) is 38.5 Å². The smallest absolute Gasteiger partial charge is 0.131 e. The van der Waals surface area contributed by atoms with Gasteiger partial charge in [0.05, 0.1) is 0 Å². The largest absolute Gasteiger partial charge is 0.457 e. The van der Waals surface area contributed by atoms with Crippen molar-refractivity contribution >= 4 is 5.69 Å². The summed E-state index contributed by atoms with van der Waals surface area (Å²) in [6, 6.07) is 12.1. The van der Waals surface area contributed by atoms with Crippen molar-refractivity contribution in [1.29, 1.82) is 0 Å². The molecule has 0 aliphatic heterocycles. The normalized spacial score (nSPS) is 11.4. The summed E-state index contributed by atoms with van der Waals surface area (Å²) in [5, 5.41) is 0. The van der Waals surface area contributed by atoms with E-state index >= 15 is 0 Å². The van der Waals surface area contributed by atoms with Crippen molar-refractivity contribution in [2.45, 2.75) is 40.0 Å². The second kappa shape index (κ2) is 5.20. The van der Waals surface area contributed by atoms with Crippen molar-refractivity contribution in [2.24, 2.45) is 0 Å². The molecule has 20 heavy (non-hydrogen) atoms. The van der Waals surface area contributed by atoms with E-state index in [9.17, 15) is 0 Å². The van der Waals surface area contributed by atoms with Gasteiger partial charge in [0, 0.05) is 11.3 Å². The molecule has 0 aromatic heterocycles. The van der Waals surface area contributed by atoms with Gasteiger partial charge < -0.3 is 10.5 Å². The highest BCUT2D eigenvalue weighted by molar-refractivity contribution is 5.50. The summed E-state index contributed by atoms with van der Waals surface area (Å²) < 4.78 is 6.12. The van der Waals surface area contributed by atoms with E-state index in [1.54, 1.807) is 0 Å². The average molecular weight is 269 g/mol. The van der Waals surface area contributed by atoms with E-state index in [2.05, 4.69) is 39.8 Å². The molecule has 0 unspecified atom stereocenters. The van der Waals surface area contributed by atoms with Gasteiger partial charge in [-0.2, -0.15) is 0 Å². The predicted molar refractivity (Wildman–Crippen MR) is 85.5 cm³/mol. The minimum absolute atomic E-state index is 0.0447. The SMILES string of the molecule is Cc1ccc(Oc2ccc(N)cc2C)c(C(C)(C)C)c1. The quantitative estimate of drug-likeness (QED) is 0.781. The van der Waals surface area contributed by atoms with Crippen LogP contribution in [0.25, 0.3) is 0 Å². The Morgan fingerprint density at radius 1 is 0.900 bits per heavy atom. The van der Waals surface area contributed by atoms with Gasteiger partial charge in [-0.3, -0.25) is 0 Å². The van der Waals surface area contributed by atoms with Crippen LogP contribution < -0.4 is 10.5 Å². The van der Waals surface area contributed by atoms with Gasteiger partial charge in [0.25, 0.3) is 0 Å². The van der Waals surface area contributed by atoms with Crippen molar-refractivity contribution < 1.29 is 4.74 Å². The molecule has 2 aromatic rings. The van der Waals surface area contributed by atoms with Crippen LogP contribution in [0.15, 0.2) is 36.4 Å². The number of nitrogens with two attached hydrogens (primary N) is 1. The molecule has 2 aromatic carbocycles. The Labute approximate surface area is 121 Å². The van der Waals surface area contributed by atoms with Crippen LogP contribution in [-0.2, 0) is 5.41 Å². The van der Waals surface area contributed by atoms with Crippen LogP contribution in [-0.4, -0.2) is 0 Å². The number of nitrogen functional groups attached to an aromatic ring is 1. The lowest BCUT2D eigenvalue weighted by Crippen LogP contribution is -2.13. The lowest BCUT2D eigenvalue weighted by Gasteiger charge is -2.23. The molecule has 106 valence electrons. The van der Waals surface area contributed by atoms with E-state index in [1.165, 1.54) is 11.1 Å². The molecule has 2 rings (SSSR count). The van der Waals surface area contributed by atoms with Crippen molar-refractivity contribution in [3.05, 3.63) is 53.1 Å². The lowest BCUT2D eigenvalue weighted by molar-refractivity contribution is 0.452. The maximum absolute atomic E-state index is 6.12. The van der Waals surface area contributed by atoms with Crippen LogP contribution in [0.1, 0.15) is 37.5 Å². The first-order valence-electron chi connectivity index (χ1n) is 6.92. The van der Waals surface area contributed by atoms with E-state index in [0.29, 0.717) is 0 Å². The number of aryl methyl sites for hydroxylation is 2. The molecular weight excluding hydrogens is 246 g/mol. The predicted octanol–water partition coefficient (Wildman–Crippen LogP) is 4.98.